The Hall–Kier alpha value is 0.776. The van der Waals surface area contributed by atoms with Crippen LogP contribution in [0.3, 0.4) is 0 Å². The largest absolute Gasteiger partial charge is 1.00 e. The smallest absolute Gasteiger partial charge is 1.00 e. The van der Waals surface area contributed by atoms with Crippen LogP contribution in [-0.4, -0.2) is 17.9 Å². The molecule has 52 valence electrons. The molecule has 4 heteroatoms. The van der Waals surface area contributed by atoms with Crippen molar-refractivity contribution in [3.8, 4) is 0 Å². The molecule has 0 saturated heterocycles. The molecule has 3 nitrogen and oxygen atoms in total. The van der Waals surface area contributed by atoms with E-state index in [1.165, 1.54) is 6.92 Å². The fourth-order valence-corrected chi connectivity index (χ4v) is 0.653. The fourth-order valence-electron chi connectivity index (χ4n) is 0.653. The van der Waals surface area contributed by atoms with Crippen molar-refractivity contribution in [3.05, 3.63) is 0 Å². The molecule has 0 atom stereocenters. The zero-order valence-electron chi connectivity index (χ0n) is 7.22. The second-order valence-electron chi connectivity index (χ2n) is 2.28. The molecule has 1 aliphatic carbocycles. The molecule has 1 fully saturated rings. The summed E-state index contributed by atoms with van der Waals surface area (Å²) in [5.41, 5.74) is -0.716. The second-order valence-corrected chi connectivity index (χ2v) is 2.28. The van der Waals surface area contributed by atoms with Gasteiger partial charge in [-0.3, -0.25) is 9.59 Å². The van der Waals surface area contributed by atoms with Crippen molar-refractivity contribution in [3.63, 3.8) is 0 Å². The first kappa shape index (κ1) is 10.8. The van der Waals surface area contributed by atoms with Crippen molar-refractivity contribution in [1.82, 2.24) is 0 Å². The van der Waals surface area contributed by atoms with Crippen LogP contribution < -0.4 is 51.4 Å². The average Bonchev–Trinajstić information content (AvgIpc) is 2.48. The number of rotatable bonds is 2. The Balaban J connectivity index is 0. The van der Waals surface area contributed by atoms with Gasteiger partial charge in [-0.2, -0.15) is 0 Å². The van der Waals surface area contributed by atoms with E-state index in [4.69, 9.17) is 4.74 Å². The summed E-state index contributed by atoms with van der Waals surface area (Å²) in [7, 11) is 0. The Labute approximate surface area is 103 Å². The van der Waals surface area contributed by atoms with Gasteiger partial charge in [0.05, 0.1) is 0 Å². The van der Waals surface area contributed by atoms with Crippen molar-refractivity contribution in [2.24, 2.45) is 0 Å². The van der Waals surface area contributed by atoms with Gasteiger partial charge in [0, 0.05) is 6.92 Å². The Bertz CT molecular complexity index is 156. The van der Waals surface area contributed by atoms with E-state index in [0.29, 0.717) is 19.1 Å². The van der Waals surface area contributed by atoms with Crippen molar-refractivity contribution in [2.45, 2.75) is 25.4 Å². The van der Waals surface area contributed by atoms with E-state index in [9.17, 15) is 9.59 Å². The van der Waals surface area contributed by atoms with Crippen LogP contribution in [0.5, 0.6) is 0 Å². The average molecular weight is 168 g/mol. The van der Waals surface area contributed by atoms with E-state index in [2.05, 4.69) is 0 Å². The van der Waals surface area contributed by atoms with Crippen LogP contribution in [0.1, 0.15) is 21.2 Å². The van der Waals surface area contributed by atoms with E-state index in [-0.39, 0.29) is 58.8 Å². The SMILES string of the molecule is CC(=O)OC1(C=O)CC1.[H-].[K+]. The van der Waals surface area contributed by atoms with Gasteiger partial charge in [0.25, 0.3) is 0 Å². The molecule has 0 aromatic carbocycles. The molecule has 0 unspecified atom stereocenters. The molecule has 1 aliphatic rings. The molecule has 0 aliphatic heterocycles. The van der Waals surface area contributed by atoms with Gasteiger partial charge in [0.1, 0.15) is 0 Å². The number of hydrogen-bond donors (Lipinski definition) is 0. The predicted octanol–water partition coefficient (Wildman–Crippen LogP) is -2.60. The molecule has 0 aromatic rings. The molecular formula is C6H9KO3. The molecule has 10 heavy (non-hydrogen) atoms. The van der Waals surface area contributed by atoms with Crippen molar-refractivity contribution < 1.29 is 67.1 Å². The molecule has 0 radical (unpaired) electrons. The van der Waals surface area contributed by atoms with Gasteiger partial charge in [-0.25, -0.2) is 0 Å². The Morgan fingerprint density at radius 1 is 1.70 bits per heavy atom. The summed E-state index contributed by atoms with van der Waals surface area (Å²) in [5, 5.41) is 0. The summed E-state index contributed by atoms with van der Waals surface area (Å²) in [6.45, 7) is 1.31. The molecule has 0 spiro atoms. The summed E-state index contributed by atoms with van der Waals surface area (Å²) in [6, 6.07) is 0. The molecule has 0 heterocycles. The number of hydrogen-bond acceptors (Lipinski definition) is 3. The standard InChI is InChI=1S/C6H8O3.K.H/c1-5(8)9-6(4-7)2-3-6;;/h4H,2-3H2,1H3;;/q;+1;-1. The normalized spacial score (nSPS) is 18.5. The first-order chi connectivity index (χ1) is 4.18. The number of aldehydes is 1. The molecule has 1 rings (SSSR count). The van der Waals surface area contributed by atoms with Crippen LogP contribution in [0.2, 0.25) is 0 Å². The topological polar surface area (TPSA) is 43.4 Å². The van der Waals surface area contributed by atoms with Gasteiger partial charge < -0.3 is 6.16 Å². The van der Waals surface area contributed by atoms with Crippen LogP contribution in [0.15, 0.2) is 0 Å². The Kier molecular flexibility index (Phi) is 4.28. The minimum absolute atomic E-state index is 0. The summed E-state index contributed by atoms with van der Waals surface area (Å²) < 4.78 is 4.69. The molecule has 0 amide bonds. The molecule has 1 saturated carbocycles. The Morgan fingerprint density at radius 3 is 2.30 bits per heavy atom. The van der Waals surface area contributed by atoms with Gasteiger partial charge >= 0.3 is 57.4 Å². The molecular weight excluding hydrogens is 159 g/mol. The zero-order chi connectivity index (χ0) is 6.91. The maximum atomic E-state index is 10.3. The number of esters is 1. The monoisotopic (exact) mass is 168 g/mol. The summed E-state index contributed by atoms with van der Waals surface area (Å²) in [4.78, 5) is 20.4. The third-order valence-electron chi connectivity index (χ3n) is 1.30. The van der Waals surface area contributed by atoms with Crippen LogP contribution in [-0.2, 0) is 14.3 Å². The van der Waals surface area contributed by atoms with Gasteiger partial charge in [-0.05, 0) is 12.8 Å². The summed E-state index contributed by atoms with van der Waals surface area (Å²) in [6.07, 6.45) is 2.08. The van der Waals surface area contributed by atoms with Crippen LogP contribution >= 0.6 is 0 Å². The maximum absolute atomic E-state index is 10.3. The predicted molar refractivity (Wildman–Crippen MR) is 30.9 cm³/mol. The third kappa shape index (κ3) is 2.80. The van der Waals surface area contributed by atoms with E-state index in [0.717, 1.165) is 0 Å². The minimum Gasteiger partial charge on any atom is -1.00 e. The summed E-state index contributed by atoms with van der Waals surface area (Å²) in [5.74, 6) is -0.375. The van der Waals surface area contributed by atoms with Gasteiger partial charge in [-0.1, -0.05) is 0 Å². The van der Waals surface area contributed by atoms with E-state index in [1.807, 2.05) is 0 Å². The van der Waals surface area contributed by atoms with Gasteiger partial charge in [-0.15, -0.1) is 0 Å². The fraction of sp³-hybridized carbons (Fsp3) is 0.667. The van der Waals surface area contributed by atoms with Crippen molar-refractivity contribution in [1.29, 1.82) is 0 Å². The molecule has 0 N–H and O–H groups in total. The molecule has 0 bridgehead atoms. The maximum Gasteiger partial charge on any atom is 1.00 e. The van der Waals surface area contributed by atoms with Crippen LogP contribution in [0, 0.1) is 0 Å². The van der Waals surface area contributed by atoms with Crippen molar-refractivity contribution >= 4 is 12.3 Å². The number of carbonyl (C=O) groups is 2. The minimum atomic E-state index is -0.716. The first-order valence-electron chi connectivity index (χ1n) is 2.84. The zero-order valence-corrected chi connectivity index (χ0v) is 9.34. The van der Waals surface area contributed by atoms with E-state index < -0.39 is 5.60 Å². The summed E-state index contributed by atoms with van der Waals surface area (Å²) >= 11 is 0. The van der Waals surface area contributed by atoms with Crippen molar-refractivity contribution in [2.75, 3.05) is 0 Å². The van der Waals surface area contributed by atoms with E-state index >= 15 is 0 Å². The molecule has 0 aromatic heterocycles. The van der Waals surface area contributed by atoms with Crippen LogP contribution in [0.25, 0.3) is 0 Å². The number of carbonyl (C=O) groups excluding carboxylic acids is 2. The Morgan fingerprint density at radius 2 is 2.20 bits per heavy atom. The van der Waals surface area contributed by atoms with E-state index in [1.54, 1.807) is 0 Å². The third-order valence-corrected chi connectivity index (χ3v) is 1.30. The van der Waals surface area contributed by atoms with Gasteiger partial charge in [0.15, 0.2) is 11.9 Å². The second kappa shape index (κ2) is 3.97. The van der Waals surface area contributed by atoms with Gasteiger partial charge in [0.2, 0.25) is 0 Å². The number of ether oxygens (including phenoxy) is 1. The quantitative estimate of drug-likeness (QED) is 0.258. The first-order valence-corrected chi connectivity index (χ1v) is 2.84. The van der Waals surface area contributed by atoms with Crippen LogP contribution in [0.4, 0.5) is 0 Å².